The third-order valence-electron chi connectivity index (χ3n) is 3.68. The van der Waals surface area contributed by atoms with Gasteiger partial charge >= 0.3 is 0 Å². The highest BCUT2D eigenvalue weighted by Crippen LogP contribution is 2.22. The van der Waals surface area contributed by atoms with E-state index < -0.39 is 10.2 Å². The summed E-state index contributed by atoms with van der Waals surface area (Å²) in [4.78, 5) is 0. The van der Waals surface area contributed by atoms with Crippen molar-refractivity contribution in [2.45, 2.75) is 32.7 Å². The third kappa shape index (κ3) is 2.81. The maximum absolute atomic E-state index is 12.5. The van der Waals surface area contributed by atoms with Crippen molar-refractivity contribution in [2.24, 2.45) is 5.92 Å². The van der Waals surface area contributed by atoms with Gasteiger partial charge in [0.1, 0.15) is 0 Å². The highest BCUT2D eigenvalue weighted by Gasteiger charge is 2.36. The molecule has 0 aromatic rings. The van der Waals surface area contributed by atoms with Gasteiger partial charge in [0.05, 0.1) is 0 Å². The van der Waals surface area contributed by atoms with E-state index in [-0.39, 0.29) is 6.04 Å². The zero-order valence-corrected chi connectivity index (χ0v) is 11.5. The largest absolute Gasteiger partial charge is 0.314 e. The SMILES string of the molecule is CC1CCCN(S(=O)(=O)N2CCNC[C@@H]2C)C1. The summed E-state index contributed by atoms with van der Waals surface area (Å²) in [5.74, 6) is 0.483. The monoisotopic (exact) mass is 261 g/mol. The number of nitrogens with zero attached hydrogens (tertiary/aromatic N) is 2. The molecule has 2 atom stereocenters. The Morgan fingerprint density at radius 3 is 2.65 bits per heavy atom. The Bertz CT molecular complexity index is 358. The van der Waals surface area contributed by atoms with Crippen molar-refractivity contribution in [3.8, 4) is 0 Å². The van der Waals surface area contributed by atoms with Crippen molar-refractivity contribution in [3.05, 3.63) is 0 Å². The van der Waals surface area contributed by atoms with Crippen molar-refractivity contribution in [3.63, 3.8) is 0 Å². The molecule has 2 fully saturated rings. The molecule has 5 nitrogen and oxygen atoms in total. The van der Waals surface area contributed by atoms with Gasteiger partial charge in [-0.15, -0.1) is 0 Å². The lowest BCUT2D eigenvalue weighted by atomic mass is 10.0. The fourth-order valence-corrected chi connectivity index (χ4v) is 4.62. The summed E-state index contributed by atoms with van der Waals surface area (Å²) in [6, 6.07) is 0.0611. The minimum atomic E-state index is -3.24. The predicted molar refractivity (Wildman–Crippen MR) is 67.9 cm³/mol. The molecule has 0 spiro atoms. The van der Waals surface area contributed by atoms with Gasteiger partial charge in [0.25, 0.3) is 10.2 Å². The second-order valence-electron chi connectivity index (χ2n) is 5.28. The summed E-state index contributed by atoms with van der Waals surface area (Å²) >= 11 is 0. The standard InChI is InChI=1S/C11H23N3O2S/c1-10-4-3-6-13(9-10)17(15,16)14-7-5-12-8-11(14)2/h10-12H,3-9H2,1-2H3/t10?,11-/m0/s1. The van der Waals surface area contributed by atoms with Crippen molar-refractivity contribution in [1.82, 2.24) is 13.9 Å². The van der Waals surface area contributed by atoms with Crippen molar-refractivity contribution in [2.75, 3.05) is 32.7 Å². The lowest BCUT2D eigenvalue weighted by molar-refractivity contribution is 0.226. The molecule has 1 unspecified atom stereocenters. The van der Waals surface area contributed by atoms with Gasteiger partial charge < -0.3 is 5.32 Å². The first kappa shape index (κ1) is 13.3. The molecule has 1 N–H and O–H groups in total. The summed E-state index contributed by atoms with van der Waals surface area (Å²) in [6.07, 6.45) is 2.13. The van der Waals surface area contributed by atoms with Crippen molar-refractivity contribution in [1.29, 1.82) is 0 Å². The second-order valence-corrected chi connectivity index (χ2v) is 7.16. The highest BCUT2D eigenvalue weighted by atomic mass is 32.2. The summed E-state index contributed by atoms with van der Waals surface area (Å²) in [6.45, 7) is 7.56. The molecule has 2 saturated heterocycles. The molecule has 0 amide bonds. The van der Waals surface area contributed by atoms with Crippen LogP contribution in [0.5, 0.6) is 0 Å². The maximum atomic E-state index is 12.5. The van der Waals surface area contributed by atoms with Crippen molar-refractivity contribution >= 4 is 10.2 Å². The van der Waals surface area contributed by atoms with Crippen LogP contribution in [0.15, 0.2) is 0 Å². The summed E-state index contributed by atoms with van der Waals surface area (Å²) < 4.78 is 28.4. The van der Waals surface area contributed by atoms with Crippen LogP contribution in [0.3, 0.4) is 0 Å². The Morgan fingerprint density at radius 2 is 2.00 bits per heavy atom. The average Bonchev–Trinajstić information content (AvgIpc) is 2.29. The van der Waals surface area contributed by atoms with Crippen LogP contribution in [-0.2, 0) is 10.2 Å². The van der Waals surface area contributed by atoms with E-state index in [9.17, 15) is 8.42 Å². The Hall–Kier alpha value is -0.170. The molecule has 0 aromatic heterocycles. The van der Waals surface area contributed by atoms with Gasteiger partial charge in [-0.2, -0.15) is 17.0 Å². The van der Waals surface area contributed by atoms with Crippen LogP contribution >= 0.6 is 0 Å². The fourth-order valence-electron chi connectivity index (χ4n) is 2.67. The van der Waals surface area contributed by atoms with E-state index in [1.165, 1.54) is 0 Å². The Balaban J connectivity index is 2.11. The minimum Gasteiger partial charge on any atom is -0.314 e. The normalized spacial score (nSPS) is 33.8. The van der Waals surface area contributed by atoms with Gasteiger partial charge in [-0.25, -0.2) is 0 Å². The molecule has 2 rings (SSSR count). The molecule has 0 aliphatic carbocycles. The van der Waals surface area contributed by atoms with Gasteiger partial charge in [0.15, 0.2) is 0 Å². The lowest BCUT2D eigenvalue weighted by Crippen LogP contribution is -2.57. The van der Waals surface area contributed by atoms with Crippen molar-refractivity contribution < 1.29 is 8.42 Å². The number of piperazine rings is 1. The molecular formula is C11H23N3O2S. The van der Waals surface area contributed by atoms with Crippen LogP contribution in [0.2, 0.25) is 0 Å². The fraction of sp³-hybridized carbons (Fsp3) is 1.00. The molecule has 2 heterocycles. The maximum Gasteiger partial charge on any atom is 0.282 e. The zero-order chi connectivity index (χ0) is 12.5. The van der Waals surface area contributed by atoms with Crippen LogP contribution in [-0.4, -0.2) is 55.8 Å². The Morgan fingerprint density at radius 1 is 1.24 bits per heavy atom. The second kappa shape index (κ2) is 5.22. The van der Waals surface area contributed by atoms with Gasteiger partial charge in [-0.1, -0.05) is 6.92 Å². The Kier molecular flexibility index (Phi) is 4.07. The lowest BCUT2D eigenvalue weighted by Gasteiger charge is -2.39. The summed E-state index contributed by atoms with van der Waals surface area (Å²) in [5, 5.41) is 3.22. The number of rotatable bonds is 2. The topological polar surface area (TPSA) is 52.7 Å². The molecule has 17 heavy (non-hydrogen) atoms. The van der Waals surface area contributed by atoms with Crippen LogP contribution < -0.4 is 5.32 Å². The van der Waals surface area contributed by atoms with E-state index in [1.54, 1.807) is 8.61 Å². The van der Waals surface area contributed by atoms with Gasteiger partial charge in [-0.3, -0.25) is 0 Å². The molecule has 2 aliphatic heterocycles. The molecule has 100 valence electrons. The average molecular weight is 261 g/mol. The Labute approximate surface area is 104 Å². The summed E-state index contributed by atoms with van der Waals surface area (Å²) in [5.41, 5.74) is 0. The van der Waals surface area contributed by atoms with Gasteiger partial charge in [0.2, 0.25) is 0 Å². The molecular weight excluding hydrogens is 238 g/mol. The third-order valence-corrected chi connectivity index (χ3v) is 5.80. The highest BCUT2D eigenvalue weighted by molar-refractivity contribution is 7.86. The molecule has 0 radical (unpaired) electrons. The number of hydrogen-bond donors (Lipinski definition) is 1. The number of hydrogen-bond acceptors (Lipinski definition) is 3. The molecule has 6 heteroatoms. The quantitative estimate of drug-likeness (QED) is 0.775. The van der Waals surface area contributed by atoms with E-state index in [4.69, 9.17) is 0 Å². The minimum absolute atomic E-state index is 0.0611. The van der Waals surface area contributed by atoms with Crippen LogP contribution in [0.4, 0.5) is 0 Å². The molecule has 0 saturated carbocycles. The van der Waals surface area contributed by atoms with E-state index in [0.717, 1.165) is 25.9 Å². The molecule has 0 bridgehead atoms. The summed E-state index contributed by atoms with van der Waals surface area (Å²) in [7, 11) is -3.24. The van der Waals surface area contributed by atoms with E-state index in [0.29, 0.717) is 25.6 Å². The first-order valence-corrected chi connectivity index (χ1v) is 7.89. The van der Waals surface area contributed by atoms with E-state index in [1.807, 2.05) is 6.92 Å². The van der Waals surface area contributed by atoms with E-state index in [2.05, 4.69) is 12.2 Å². The smallest absolute Gasteiger partial charge is 0.282 e. The first-order chi connectivity index (χ1) is 8.01. The van der Waals surface area contributed by atoms with Crippen LogP contribution in [0, 0.1) is 5.92 Å². The predicted octanol–water partition coefficient (Wildman–Crippen LogP) is 0.257. The number of nitrogens with one attached hydrogen (secondary N) is 1. The van der Waals surface area contributed by atoms with E-state index >= 15 is 0 Å². The van der Waals surface area contributed by atoms with Gasteiger partial charge in [0, 0.05) is 38.8 Å². The first-order valence-electron chi connectivity index (χ1n) is 6.49. The molecule has 0 aromatic carbocycles. The molecule has 2 aliphatic rings. The zero-order valence-electron chi connectivity index (χ0n) is 10.7. The number of piperidine rings is 1. The van der Waals surface area contributed by atoms with Crippen LogP contribution in [0.1, 0.15) is 26.7 Å². The van der Waals surface area contributed by atoms with Gasteiger partial charge in [-0.05, 0) is 25.7 Å². The van der Waals surface area contributed by atoms with Crippen LogP contribution in [0.25, 0.3) is 0 Å².